The molecule has 1 saturated heterocycles. The first-order valence-electron chi connectivity index (χ1n) is 6.79. The van der Waals surface area contributed by atoms with Gasteiger partial charge >= 0.3 is 0 Å². The SMILES string of the molecule is CC(C(N)=NO)N1CCN(Cc2ccccc2Br)CC1. The summed E-state index contributed by atoms with van der Waals surface area (Å²) in [4.78, 5) is 4.67. The summed E-state index contributed by atoms with van der Waals surface area (Å²) in [6, 6.07) is 8.31. The Bertz CT molecular complexity index is 472. The van der Waals surface area contributed by atoms with Gasteiger partial charge in [0.1, 0.15) is 0 Å². The number of hydrogen-bond donors (Lipinski definition) is 2. The second kappa shape index (κ2) is 7.06. The zero-order valence-electron chi connectivity index (χ0n) is 11.7. The van der Waals surface area contributed by atoms with Gasteiger partial charge in [0.05, 0.1) is 6.04 Å². The highest BCUT2D eigenvalue weighted by Crippen LogP contribution is 2.18. The molecule has 0 spiro atoms. The molecule has 110 valence electrons. The molecule has 6 heteroatoms. The molecule has 1 heterocycles. The molecule has 0 aliphatic carbocycles. The van der Waals surface area contributed by atoms with Gasteiger partial charge in [0.15, 0.2) is 5.84 Å². The van der Waals surface area contributed by atoms with E-state index >= 15 is 0 Å². The molecule has 1 aliphatic rings. The van der Waals surface area contributed by atoms with Gasteiger partial charge in [0.25, 0.3) is 0 Å². The predicted octanol–water partition coefficient (Wildman–Crippen LogP) is 1.70. The van der Waals surface area contributed by atoms with E-state index in [0.29, 0.717) is 0 Å². The Morgan fingerprint density at radius 1 is 1.35 bits per heavy atom. The minimum atomic E-state index is -0.00869. The zero-order valence-corrected chi connectivity index (χ0v) is 13.3. The molecule has 3 N–H and O–H groups in total. The average Bonchev–Trinajstić information content (AvgIpc) is 2.49. The Kier molecular flexibility index (Phi) is 5.39. The molecule has 2 rings (SSSR count). The molecule has 1 fully saturated rings. The fourth-order valence-corrected chi connectivity index (χ4v) is 2.86. The fourth-order valence-electron chi connectivity index (χ4n) is 2.45. The van der Waals surface area contributed by atoms with Crippen LogP contribution in [0.4, 0.5) is 0 Å². The van der Waals surface area contributed by atoms with Gasteiger partial charge in [-0.1, -0.05) is 39.3 Å². The highest BCUT2D eigenvalue weighted by molar-refractivity contribution is 9.10. The summed E-state index contributed by atoms with van der Waals surface area (Å²) in [5, 5.41) is 11.8. The van der Waals surface area contributed by atoms with E-state index in [1.165, 1.54) is 5.56 Å². The van der Waals surface area contributed by atoms with Crippen LogP contribution in [0.1, 0.15) is 12.5 Å². The molecule has 1 atom stereocenters. The Morgan fingerprint density at radius 2 is 2.00 bits per heavy atom. The average molecular weight is 341 g/mol. The van der Waals surface area contributed by atoms with Crippen LogP contribution in [-0.4, -0.2) is 53.1 Å². The van der Waals surface area contributed by atoms with Crippen molar-refractivity contribution in [2.24, 2.45) is 10.9 Å². The minimum Gasteiger partial charge on any atom is -0.409 e. The molecule has 1 aromatic carbocycles. The molecule has 1 aliphatic heterocycles. The Labute approximate surface area is 128 Å². The molecule has 20 heavy (non-hydrogen) atoms. The van der Waals surface area contributed by atoms with Gasteiger partial charge in [-0.2, -0.15) is 0 Å². The van der Waals surface area contributed by atoms with E-state index in [0.717, 1.165) is 37.2 Å². The van der Waals surface area contributed by atoms with Crippen LogP contribution < -0.4 is 5.73 Å². The summed E-state index contributed by atoms with van der Waals surface area (Å²) in [5.41, 5.74) is 6.97. The smallest absolute Gasteiger partial charge is 0.156 e. The highest BCUT2D eigenvalue weighted by atomic mass is 79.9. The van der Waals surface area contributed by atoms with E-state index in [2.05, 4.69) is 49.1 Å². The van der Waals surface area contributed by atoms with Crippen molar-refractivity contribution in [3.63, 3.8) is 0 Å². The molecule has 5 nitrogen and oxygen atoms in total. The molecule has 0 bridgehead atoms. The largest absolute Gasteiger partial charge is 0.409 e. The number of rotatable bonds is 4. The molecule has 0 radical (unpaired) electrons. The maximum absolute atomic E-state index is 8.73. The van der Waals surface area contributed by atoms with E-state index < -0.39 is 0 Å². The van der Waals surface area contributed by atoms with Crippen molar-refractivity contribution in [2.75, 3.05) is 26.2 Å². The van der Waals surface area contributed by atoms with E-state index in [1.807, 2.05) is 13.0 Å². The Morgan fingerprint density at radius 3 is 2.60 bits per heavy atom. The lowest BCUT2D eigenvalue weighted by Gasteiger charge is -2.37. The van der Waals surface area contributed by atoms with Crippen molar-refractivity contribution in [3.05, 3.63) is 34.3 Å². The number of benzene rings is 1. The summed E-state index contributed by atoms with van der Waals surface area (Å²) in [7, 11) is 0. The topological polar surface area (TPSA) is 65.1 Å². The van der Waals surface area contributed by atoms with Crippen molar-refractivity contribution in [1.82, 2.24) is 9.80 Å². The van der Waals surface area contributed by atoms with E-state index in [9.17, 15) is 0 Å². The van der Waals surface area contributed by atoms with E-state index in [1.54, 1.807) is 0 Å². The van der Waals surface area contributed by atoms with Crippen LogP contribution in [0.3, 0.4) is 0 Å². The monoisotopic (exact) mass is 340 g/mol. The van der Waals surface area contributed by atoms with E-state index in [4.69, 9.17) is 10.9 Å². The first-order valence-corrected chi connectivity index (χ1v) is 7.58. The van der Waals surface area contributed by atoms with Crippen LogP contribution in [0.15, 0.2) is 33.9 Å². The third-order valence-corrected chi connectivity index (χ3v) is 4.62. The number of amidine groups is 1. The van der Waals surface area contributed by atoms with Crippen LogP contribution in [0.5, 0.6) is 0 Å². The van der Waals surface area contributed by atoms with Crippen LogP contribution in [0.25, 0.3) is 0 Å². The Balaban J connectivity index is 1.87. The molecule has 1 aromatic rings. The van der Waals surface area contributed by atoms with Crippen LogP contribution in [-0.2, 0) is 6.54 Å². The third kappa shape index (κ3) is 3.71. The van der Waals surface area contributed by atoms with Crippen molar-refractivity contribution < 1.29 is 5.21 Å². The van der Waals surface area contributed by atoms with Crippen molar-refractivity contribution in [1.29, 1.82) is 0 Å². The first-order chi connectivity index (χ1) is 9.61. The third-order valence-electron chi connectivity index (χ3n) is 3.85. The summed E-state index contributed by atoms with van der Waals surface area (Å²) in [6.07, 6.45) is 0. The van der Waals surface area contributed by atoms with Gasteiger partial charge in [0.2, 0.25) is 0 Å². The summed E-state index contributed by atoms with van der Waals surface area (Å²) >= 11 is 3.59. The van der Waals surface area contributed by atoms with Crippen molar-refractivity contribution in [3.8, 4) is 0 Å². The van der Waals surface area contributed by atoms with Gasteiger partial charge in [-0.05, 0) is 18.6 Å². The highest BCUT2D eigenvalue weighted by Gasteiger charge is 2.23. The molecule has 0 saturated carbocycles. The summed E-state index contributed by atoms with van der Waals surface area (Å²) < 4.78 is 1.16. The number of hydrogen-bond acceptors (Lipinski definition) is 4. The maximum Gasteiger partial charge on any atom is 0.156 e. The van der Waals surface area contributed by atoms with Gasteiger partial charge in [0, 0.05) is 37.2 Å². The number of oxime groups is 1. The zero-order chi connectivity index (χ0) is 14.5. The second-order valence-electron chi connectivity index (χ2n) is 5.10. The number of halogens is 1. The van der Waals surface area contributed by atoms with Gasteiger partial charge in [-0.25, -0.2) is 0 Å². The molecule has 0 amide bonds. The summed E-state index contributed by atoms with van der Waals surface area (Å²) in [6.45, 7) is 6.77. The van der Waals surface area contributed by atoms with Crippen LogP contribution >= 0.6 is 15.9 Å². The minimum absolute atomic E-state index is 0.00869. The van der Waals surface area contributed by atoms with Gasteiger partial charge in [-0.15, -0.1) is 0 Å². The second-order valence-corrected chi connectivity index (χ2v) is 5.96. The predicted molar refractivity (Wildman–Crippen MR) is 83.9 cm³/mol. The van der Waals surface area contributed by atoms with Crippen molar-refractivity contribution in [2.45, 2.75) is 19.5 Å². The molecule has 1 unspecified atom stereocenters. The Hall–Kier alpha value is -1.11. The lowest BCUT2D eigenvalue weighted by molar-refractivity contribution is 0.116. The van der Waals surface area contributed by atoms with Crippen LogP contribution in [0.2, 0.25) is 0 Å². The lowest BCUT2D eigenvalue weighted by Crippen LogP contribution is -2.52. The van der Waals surface area contributed by atoms with Crippen molar-refractivity contribution >= 4 is 21.8 Å². The number of nitrogens with two attached hydrogens (primary N) is 1. The standard InChI is InChI=1S/C14H21BrN4O/c1-11(14(16)17-20)19-8-6-18(7-9-19)10-12-4-2-3-5-13(12)15/h2-5,11,20H,6-10H2,1H3,(H2,16,17). The van der Waals surface area contributed by atoms with E-state index in [-0.39, 0.29) is 11.9 Å². The molecular formula is C14H21BrN4O. The lowest BCUT2D eigenvalue weighted by atomic mass is 10.1. The molecular weight excluding hydrogens is 320 g/mol. The van der Waals surface area contributed by atoms with Gasteiger partial charge in [-0.3, -0.25) is 9.80 Å². The number of piperazine rings is 1. The quantitative estimate of drug-likeness (QED) is 0.379. The normalized spacial score (nSPS) is 20.0. The molecule has 0 aromatic heterocycles. The summed E-state index contributed by atoms with van der Waals surface area (Å²) in [5.74, 6) is 0.282. The maximum atomic E-state index is 8.73. The number of nitrogens with zero attached hydrogens (tertiary/aromatic N) is 3. The first kappa shape index (κ1) is 15.3. The fraction of sp³-hybridized carbons (Fsp3) is 0.500. The van der Waals surface area contributed by atoms with Crippen LogP contribution in [0, 0.1) is 0 Å². The van der Waals surface area contributed by atoms with Gasteiger partial charge < -0.3 is 10.9 Å².